The molecule has 0 amide bonds. The number of carbonyl (C=O) groups is 1. The van der Waals surface area contributed by atoms with Crippen LogP contribution in [0.5, 0.6) is 0 Å². The van der Waals surface area contributed by atoms with Gasteiger partial charge in [-0.25, -0.2) is 14.8 Å². The van der Waals surface area contributed by atoms with Crippen LogP contribution in [-0.4, -0.2) is 27.6 Å². The zero-order valence-electron chi connectivity index (χ0n) is 11.3. The van der Waals surface area contributed by atoms with Crippen molar-refractivity contribution < 1.29 is 9.53 Å². The van der Waals surface area contributed by atoms with Crippen LogP contribution in [0.3, 0.4) is 0 Å². The van der Waals surface area contributed by atoms with Gasteiger partial charge < -0.3 is 9.30 Å². The van der Waals surface area contributed by atoms with E-state index in [2.05, 4.69) is 14.7 Å². The Labute approximate surface area is 126 Å². The van der Waals surface area contributed by atoms with Crippen molar-refractivity contribution in [3.63, 3.8) is 0 Å². The van der Waals surface area contributed by atoms with Gasteiger partial charge in [0.1, 0.15) is 11.8 Å². The number of ether oxygens (including phenoxy) is 1. The predicted molar refractivity (Wildman–Crippen MR) is 79.4 cm³/mol. The maximum Gasteiger partial charge on any atom is 0.337 e. The largest absolute Gasteiger partial charge is 0.465 e. The summed E-state index contributed by atoms with van der Waals surface area (Å²) in [6, 6.07) is 9.15. The van der Waals surface area contributed by atoms with Gasteiger partial charge in [-0.15, -0.1) is 0 Å². The summed E-state index contributed by atoms with van der Waals surface area (Å²) in [6.45, 7) is 0.623. The first-order chi connectivity index (χ1) is 10.2. The monoisotopic (exact) mass is 301 g/mol. The van der Waals surface area contributed by atoms with Crippen LogP contribution in [0, 0.1) is 0 Å². The summed E-state index contributed by atoms with van der Waals surface area (Å²) in [5.74, 6) is -0.343. The molecule has 0 saturated heterocycles. The minimum absolute atomic E-state index is 0.343. The Bertz CT molecular complexity index is 796. The fraction of sp³-hybridized carbons (Fsp3) is 0.133. The molecule has 0 aliphatic rings. The van der Waals surface area contributed by atoms with E-state index in [-0.39, 0.29) is 5.97 Å². The van der Waals surface area contributed by atoms with Crippen molar-refractivity contribution in [2.45, 2.75) is 6.54 Å². The molecule has 0 atom stereocenters. The van der Waals surface area contributed by atoms with Crippen molar-refractivity contribution in [1.29, 1.82) is 0 Å². The number of fused-ring (bicyclic) bond motifs is 1. The number of aromatic nitrogens is 3. The van der Waals surface area contributed by atoms with E-state index >= 15 is 0 Å². The number of methoxy groups -OCH3 is 1. The molecule has 0 N–H and O–H groups in total. The van der Waals surface area contributed by atoms with Gasteiger partial charge in [-0.05, 0) is 23.8 Å². The number of esters is 1. The lowest BCUT2D eigenvalue weighted by Crippen LogP contribution is -2.03. The Morgan fingerprint density at radius 3 is 2.71 bits per heavy atom. The van der Waals surface area contributed by atoms with Crippen LogP contribution in [-0.2, 0) is 11.3 Å². The minimum atomic E-state index is -0.343. The average Bonchev–Trinajstić information content (AvgIpc) is 2.92. The second-order valence-corrected chi connectivity index (χ2v) is 4.89. The molecule has 1 aromatic carbocycles. The highest BCUT2D eigenvalue weighted by Gasteiger charge is 2.09. The lowest BCUT2D eigenvalue weighted by molar-refractivity contribution is 0.0600. The quantitative estimate of drug-likeness (QED) is 0.551. The van der Waals surface area contributed by atoms with Crippen molar-refractivity contribution >= 4 is 28.6 Å². The topological polar surface area (TPSA) is 57.0 Å². The van der Waals surface area contributed by atoms with Crippen LogP contribution < -0.4 is 0 Å². The lowest BCUT2D eigenvalue weighted by Gasteiger charge is -2.07. The van der Waals surface area contributed by atoms with E-state index in [9.17, 15) is 4.79 Å². The smallest absolute Gasteiger partial charge is 0.337 e. The fourth-order valence-electron chi connectivity index (χ4n) is 2.18. The molecule has 2 heterocycles. The van der Waals surface area contributed by atoms with Crippen molar-refractivity contribution in [2.24, 2.45) is 0 Å². The highest BCUT2D eigenvalue weighted by molar-refractivity contribution is 6.33. The van der Waals surface area contributed by atoms with Crippen molar-refractivity contribution in [2.75, 3.05) is 7.11 Å². The van der Waals surface area contributed by atoms with E-state index in [1.807, 2.05) is 29.0 Å². The van der Waals surface area contributed by atoms with Gasteiger partial charge in [0.05, 0.1) is 18.2 Å². The van der Waals surface area contributed by atoms with Gasteiger partial charge in [0, 0.05) is 12.7 Å². The summed E-state index contributed by atoms with van der Waals surface area (Å²) in [5.41, 5.74) is 3.18. The number of rotatable bonds is 3. The fourth-order valence-corrected chi connectivity index (χ4v) is 2.43. The molecule has 2 aromatic heterocycles. The van der Waals surface area contributed by atoms with Gasteiger partial charge >= 0.3 is 5.97 Å². The molecule has 3 aromatic rings. The highest BCUT2D eigenvalue weighted by Crippen LogP contribution is 2.21. The number of hydrogen-bond acceptors (Lipinski definition) is 4. The third-order valence-electron chi connectivity index (χ3n) is 3.23. The Balaban J connectivity index is 1.90. The van der Waals surface area contributed by atoms with E-state index in [1.165, 1.54) is 13.4 Å². The lowest BCUT2D eigenvalue weighted by atomic mass is 10.1. The predicted octanol–water partition coefficient (Wildman–Crippen LogP) is 2.92. The summed E-state index contributed by atoms with van der Waals surface area (Å²) in [6.07, 6.45) is 3.36. The summed E-state index contributed by atoms with van der Waals surface area (Å²) in [7, 11) is 1.37. The van der Waals surface area contributed by atoms with Crippen LogP contribution in [0.1, 0.15) is 15.9 Å². The van der Waals surface area contributed by atoms with Gasteiger partial charge in [0.15, 0.2) is 5.15 Å². The third-order valence-corrected chi connectivity index (χ3v) is 3.51. The van der Waals surface area contributed by atoms with Gasteiger partial charge in [0.2, 0.25) is 0 Å². The van der Waals surface area contributed by atoms with Crippen molar-refractivity contribution in [3.8, 4) is 0 Å². The van der Waals surface area contributed by atoms with E-state index in [0.29, 0.717) is 17.3 Å². The van der Waals surface area contributed by atoms with Crippen LogP contribution in [0.2, 0.25) is 5.15 Å². The number of halogens is 1. The molecular formula is C15H12ClN3O2. The molecule has 0 radical (unpaired) electrons. The summed E-state index contributed by atoms with van der Waals surface area (Å²) >= 11 is 6.12. The van der Waals surface area contributed by atoms with Gasteiger partial charge in [-0.2, -0.15) is 0 Å². The van der Waals surface area contributed by atoms with Crippen molar-refractivity contribution in [3.05, 3.63) is 59.1 Å². The number of nitrogens with zero attached hydrogens (tertiary/aromatic N) is 3. The van der Waals surface area contributed by atoms with E-state index in [1.54, 1.807) is 12.1 Å². The highest BCUT2D eigenvalue weighted by atomic mass is 35.5. The molecule has 0 unspecified atom stereocenters. The molecule has 0 bridgehead atoms. The first-order valence-corrected chi connectivity index (χ1v) is 6.69. The molecule has 0 fully saturated rings. The summed E-state index contributed by atoms with van der Waals surface area (Å²) in [5, 5.41) is 0.427. The molecule has 3 rings (SSSR count). The Morgan fingerprint density at radius 1 is 1.24 bits per heavy atom. The minimum Gasteiger partial charge on any atom is -0.465 e. The maximum absolute atomic E-state index is 11.4. The Kier molecular flexibility index (Phi) is 3.58. The SMILES string of the molecule is COC(=O)c1ccc(Cn2ccc3ncnc(Cl)c32)cc1. The van der Waals surface area contributed by atoms with Crippen molar-refractivity contribution in [1.82, 2.24) is 14.5 Å². The Hall–Kier alpha value is -2.40. The van der Waals surface area contributed by atoms with E-state index in [4.69, 9.17) is 11.6 Å². The summed E-state index contributed by atoms with van der Waals surface area (Å²) < 4.78 is 6.65. The van der Waals surface area contributed by atoms with E-state index in [0.717, 1.165) is 16.6 Å². The molecule has 0 spiro atoms. The normalized spacial score (nSPS) is 10.8. The second kappa shape index (κ2) is 5.54. The zero-order chi connectivity index (χ0) is 14.8. The molecule has 21 heavy (non-hydrogen) atoms. The van der Waals surface area contributed by atoms with Crippen LogP contribution in [0.4, 0.5) is 0 Å². The first kappa shape index (κ1) is 13.6. The standard InChI is InChI=1S/C15H12ClN3O2/c1-21-15(20)11-4-2-10(3-5-11)8-19-7-6-12-13(19)14(16)18-9-17-12/h2-7,9H,8H2,1H3. The first-order valence-electron chi connectivity index (χ1n) is 6.31. The van der Waals surface area contributed by atoms with Crippen LogP contribution in [0.15, 0.2) is 42.9 Å². The van der Waals surface area contributed by atoms with Crippen LogP contribution >= 0.6 is 11.6 Å². The molecule has 0 aliphatic heterocycles. The molecule has 0 aliphatic carbocycles. The van der Waals surface area contributed by atoms with Gasteiger partial charge in [-0.1, -0.05) is 23.7 Å². The zero-order valence-corrected chi connectivity index (χ0v) is 12.0. The van der Waals surface area contributed by atoms with Gasteiger partial charge in [-0.3, -0.25) is 0 Å². The molecule has 5 nitrogen and oxygen atoms in total. The van der Waals surface area contributed by atoms with Crippen LogP contribution in [0.25, 0.3) is 11.0 Å². The number of carbonyl (C=O) groups excluding carboxylic acids is 1. The average molecular weight is 302 g/mol. The number of benzene rings is 1. The molecule has 0 saturated carbocycles. The molecule has 6 heteroatoms. The maximum atomic E-state index is 11.4. The van der Waals surface area contributed by atoms with Gasteiger partial charge in [0.25, 0.3) is 0 Å². The van der Waals surface area contributed by atoms with E-state index < -0.39 is 0 Å². The molecule has 106 valence electrons. The summed E-state index contributed by atoms with van der Waals surface area (Å²) in [4.78, 5) is 19.6. The molecular weight excluding hydrogens is 290 g/mol. The third kappa shape index (κ3) is 2.60. The Morgan fingerprint density at radius 2 is 2.00 bits per heavy atom. The number of hydrogen-bond donors (Lipinski definition) is 0. The second-order valence-electron chi connectivity index (χ2n) is 4.53.